The molecule has 0 bridgehead atoms. The Balaban J connectivity index is 2.57. The number of hydrogen-bond acceptors (Lipinski definition) is 3. The van der Waals surface area contributed by atoms with Crippen molar-refractivity contribution in [3.63, 3.8) is 0 Å². The van der Waals surface area contributed by atoms with E-state index < -0.39 is 31.1 Å². The highest BCUT2D eigenvalue weighted by molar-refractivity contribution is 7.09. The zero-order valence-corrected chi connectivity index (χ0v) is 10.6. The Labute approximate surface area is 111 Å². The van der Waals surface area contributed by atoms with Crippen LogP contribution in [0.1, 0.15) is 11.3 Å². The molecule has 0 aliphatic rings. The van der Waals surface area contributed by atoms with Gasteiger partial charge in [-0.1, -0.05) is 6.07 Å². The average molecular weight is 295 g/mol. The van der Waals surface area contributed by atoms with Crippen LogP contribution >= 0.6 is 11.3 Å². The van der Waals surface area contributed by atoms with Crippen molar-refractivity contribution in [2.24, 2.45) is 0 Å². The molecular weight excluding hydrogens is 283 g/mol. The van der Waals surface area contributed by atoms with Gasteiger partial charge in [0.25, 0.3) is 0 Å². The lowest BCUT2D eigenvalue weighted by Crippen LogP contribution is -2.42. The number of carboxylic acids is 1. The fourth-order valence-corrected chi connectivity index (χ4v) is 2.16. The zero-order chi connectivity index (χ0) is 14.5. The molecule has 0 aliphatic carbocycles. The van der Waals surface area contributed by atoms with Gasteiger partial charge in [0.15, 0.2) is 0 Å². The molecule has 106 valence electrons. The lowest BCUT2D eigenvalue weighted by atomic mass is 10.2. The number of thiophene rings is 1. The first kappa shape index (κ1) is 15.5. The number of amides is 1. The number of carboxylic acid groups (broad SMARTS) is 1. The molecule has 0 aromatic carbocycles. The molecule has 1 amide bonds. The summed E-state index contributed by atoms with van der Waals surface area (Å²) in [6.45, 7) is -2.48. The number of rotatable bonds is 6. The van der Waals surface area contributed by atoms with E-state index in [1.807, 2.05) is 0 Å². The molecule has 1 rings (SSSR count). The van der Waals surface area contributed by atoms with Gasteiger partial charge in [-0.3, -0.25) is 9.59 Å². The summed E-state index contributed by atoms with van der Waals surface area (Å²) < 4.78 is 36.7. The predicted octanol–water partition coefficient (Wildman–Crippen LogP) is 2.16. The highest BCUT2D eigenvalue weighted by Gasteiger charge is 2.33. The number of hydrogen-bond donors (Lipinski definition) is 1. The van der Waals surface area contributed by atoms with Crippen molar-refractivity contribution in [3.05, 3.63) is 22.4 Å². The summed E-state index contributed by atoms with van der Waals surface area (Å²) in [6, 6.07) is 3.54. The molecule has 0 radical (unpaired) electrons. The molecule has 1 N–H and O–H groups in total. The van der Waals surface area contributed by atoms with Crippen LogP contribution in [0.4, 0.5) is 13.2 Å². The van der Waals surface area contributed by atoms with Crippen LogP contribution < -0.4 is 0 Å². The minimum atomic E-state index is -4.60. The lowest BCUT2D eigenvalue weighted by Gasteiger charge is -2.22. The molecule has 0 saturated heterocycles. The minimum Gasteiger partial charge on any atom is -0.480 e. The van der Waals surface area contributed by atoms with Crippen molar-refractivity contribution < 1.29 is 27.9 Å². The Hall–Kier alpha value is -1.57. The van der Waals surface area contributed by atoms with Crippen LogP contribution in [0.2, 0.25) is 0 Å². The summed E-state index contributed by atoms with van der Waals surface area (Å²) in [5.74, 6) is -2.28. The molecule has 0 spiro atoms. The molecule has 1 aromatic heterocycles. The smallest absolute Gasteiger partial charge is 0.406 e. The molecule has 1 aromatic rings. The van der Waals surface area contributed by atoms with Gasteiger partial charge in [0.2, 0.25) is 5.91 Å². The van der Waals surface area contributed by atoms with Crippen molar-refractivity contribution in [1.29, 1.82) is 0 Å². The monoisotopic (exact) mass is 295 g/mol. The molecule has 8 heteroatoms. The molecule has 4 nitrogen and oxygen atoms in total. The normalized spacial score (nSPS) is 11.3. The van der Waals surface area contributed by atoms with Crippen LogP contribution in [0, 0.1) is 0 Å². The van der Waals surface area contributed by atoms with Gasteiger partial charge in [0.05, 0.1) is 0 Å². The Bertz CT molecular complexity index is 431. The molecule has 1 heterocycles. The maximum atomic E-state index is 12.2. The number of halogens is 3. The van der Waals surface area contributed by atoms with Crippen molar-refractivity contribution in [3.8, 4) is 0 Å². The van der Waals surface area contributed by atoms with Crippen molar-refractivity contribution in [2.45, 2.75) is 19.0 Å². The SMILES string of the molecule is O=C(O)CN(CC(F)(F)F)C(=O)CCc1cccs1. The number of alkyl halides is 3. The maximum absolute atomic E-state index is 12.2. The molecule has 0 fully saturated rings. The minimum absolute atomic E-state index is 0.135. The van der Waals surface area contributed by atoms with Gasteiger partial charge in [-0.05, 0) is 17.9 Å². The third-order valence-corrected chi connectivity index (χ3v) is 3.15. The summed E-state index contributed by atoms with van der Waals surface area (Å²) in [7, 11) is 0. The Kier molecular flexibility index (Phi) is 5.34. The molecule has 0 unspecified atom stereocenters. The van der Waals surface area contributed by atoms with Gasteiger partial charge in [0.1, 0.15) is 13.1 Å². The first-order valence-corrected chi connectivity index (χ1v) is 6.24. The first-order valence-electron chi connectivity index (χ1n) is 5.36. The van der Waals surface area contributed by atoms with Crippen molar-refractivity contribution >= 4 is 23.2 Å². The van der Waals surface area contributed by atoms with Crippen LogP contribution in [0.3, 0.4) is 0 Å². The number of aryl methyl sites for hydroxylation is 1. The highest BCUT2D eigenvalue weighted by atomic mass is 32.1. The lowest BCUT2D eigenvalue weighted by molar-refractivity contribution is -0.165. The van der Waals surface area contributed by atoms with Crippen LogP contribution in [0.15, 0.2) is 17.5 Å². The van der Waals surface area contributed by atoms with E-state index in [1.165, 1.54) is 11.3 Å². The second-order valence-corrected chi connectivity index (χ2v) is 4.87. The summed E-state index contributed by atoms with van der Waals surface area (Å²) in [5.41, 5.74) is 0. The summed E-state index contributed by atoms with van der Waals surface area (Å²) in [5, 5.41) is 10.3. The van der Waals surface area contributed by atoms with Gasteiger partial charge < -0.3 is 10.0 Å². The Morgan fingerprint density at radius 1 is 1.37 bits per heavy atom. The first-order chi connectivity index (χ1) is 8.78. The van der Waals surface area contributed by atoms with E-state index in [-0.39, 0.29) is 6.42 Å². The van der Waals surface area contributed by atoms with Crippen molar-refractivity contribution in [2.75, 3.05) is 13.1 Å². The van der Waals surface area contributed by atoms with Gasteiger partial charge in [-0.15, -0.1) is 11.3 Å². The summed E-state index contributed by atoms with van der Waals surface area (Å²) >= 11 is 1.39. The largest absolute Gasteiger partial charge is 0.480 e. The van der Waals surface area contributed by atoms with Gasteiger partial charge in [-0.25, -0.2) is 0 Å². The van der Waals surface area contributed by atoms with Crippen molar-refractivity contribution in [1.82, 2.24) is 4.90 Å². The van der Waals surface area contributed by atoms with Crippen LogP contribution in [-0.2, 0) is 16.0 Å². The third kappa shape index (κ3) is 6.23. The molecule has 0 atom stereocenters. The van der Waals surface area contributed by atoms with Crippen LogP contribution in [-0.4, -0.2) is 41.1 Å². The summed E-state index contributed by atoms with van der Waals surface area (Å²) in [6.07, 6.45) is -4.43. The zero-order valence-electron chi connectivity index (χ0n) is 9.81. The topological polar surface area (TPSA) is 57.6 Å². The van der Waals surface area contributed by atoms with E-state index in [4.69, 9.17) is 5.11 Å². The van der Waals surface area contributed by atoms with Crippen LogP contribution in [0.25, 0.3) is 0 Å². The Morgan fingerprint density at radius 2 is 2.05 bits per heavy atom. The van der Waals surface area contributed by atoms with E-state index in [1.54, 1.807) is 17.5 Å². The molecule has 19 heavy (non-hydrogen) atoms. The van der Waals surface area contributed by atoms with Crippen LogP contribution in [0.5, 0.6) is 0 Å². The van der Waals surface area contributed by atoms with Gasteiger partial charge in [-0.2, -0.15) is 13.2 Å². The number of aliphatic carboxylic acids is 1. The summed E-state index contributed by atoms with van der Waals surface area (Å²) in [4.78, 5) is 23.3. The van der Waals surface area contributed by atoms with Gasteiger partial charge in [0, 0.05) is 11.3 Å². The number of nitrogens with zero attached hydrogens (tertiary/aromatic N) is 1. The van der Waals surface area contributed by atoms with E-state index in [0.29, 0.717) is 11.3 Å². The van der Waals surface area contributed by atoms with Gasteiger partial charge >= 0.3 is 12.1 Å². The average Bonchev–Trinajstić information content (AvgIpc) is 2.75. The fraction of sp³-hybridized carbons (Fsp3) is 0.455. The Morgan fingerprint density at radius 3 is 2.53 bits per heavy atom. The van der Waals surface area contributed by atoms with E-state index >= 15 is 0 Å². The quantitative estimate of drug-likeness (QED) is 0.875. The predicted molar refractivity (Wildman–Crippen MR) is 62.9 cm³/mol. The van der Waals surface area contributed by atoms with E-state index in [0.717, 1.165) is 4.88 Å². The fourth-order valence-electron chi connectivity index (χ4n) is 1.46. The number of carbonyl (C=O) groups excluding carboxylic acids is 1. The van der Waals surface area contributed by atoms with E-state index in [9.17, 15) is 22.8 Å². The standard InChI is InChI=1S/C11H12F3NO3S/c12-11(13,14)7-15(6-10(17)18)9(16)4-3-8-2-1-5-19-8/h1-2,5H,3-4,6-7H2,(H,17,18). The number of carbonyl (C=O) groups is 2. The maximum Gasteiger partial charge on any atom is 0.406 e. The second-order valence-electron chi connectivity index (χ2n) is 3.84. The third-order valence-electron chi connectivity index (χ3n) is 2.21. The second kappa shape index (κ2) is 6.55. The molecule has 0 aliphatic heterocycles. The molecule has 0 saturated carbocycles. The van der Waals surface area contributed by atoms with E-state index in [2.05, 4.69) is 0 Å². The highest BCUT2D eigenvalue weighted by Crippen LogP contribution is 2.18. The molecular formula is C11H12F3NO3S.